The molecule has 1 aliphatic rings. The van der Waals surface area contributed by atoms with Gasteiger partial charge in [-0.05, 0) is 24.3 Å². The molecule has 2 aromatic carbocycles. The Morgan fingerprint density at radius 3 is 2.80 bits per heavy atom. The molecule has 25 heavy (non-hydrogen) atoms. The molecule has 0 spiro atoms. The Bertz CT molecular complexity index is 840. The first-order valence-electron chi connectivity index (χ1n) is 7.61. The van der Waals surface area contributed by atoms with Gasteiger partial charge in [0, 0.05) is 12.0 Å². The molecule has 1 unspecified atom stereocenters. The molecule has 2 aromatic rings. The van der Waals surface area contributed by atoms with Gasteiger partial charge in [0.1, 0.15) is 0 Å². The molecule has 7 heteroatoms. The minimum Gasteiger partial charge on any atom is -0.490 e. The van der Waals surface area contributed by atoms with Gasteiger partial charge in [0.15, 0.2) is 11.6 Å². The average molecular weight is 364 g/mol. The van der Waals surface area contributed by atoms with Crippen LogP contribution in [0.15, 0.2) is 36.4 Å². The standard InChI is InChI=1S/C18H15ClFNO4/c1-24-18(23)10-8-12-15(6-7-25-16(12)14(20)9-10)21-17(22)11-4-2-3-5-13(11)19/h2-5,8-9,15H,6-7H2,1H3,(H,21,22). The van der Waals surface area contributed by atoms with Crippen LogP contribution in [0.25, 0.3) is 0 Å². The van der Waals surface area contributed by atoms with E-state index >= 15 is 0 Å². The Morgan fingerprint density at radius 2 is 2.08 bits per heavy atom. The van der Waals surface area contributed by atoms with Crippen molar-refractivity contribution in [2.24, 2.45) is 0 Å². The van der Waals surface area contributed by atoms with E-state index < -0.39 is 17.8 Å². The fourth-order valence-electron chi connectivity index (χ4n) is 2.73. The first kappa shape index (κ1) is 17.2. The summed E-state index contributed by atoms with van der Waals surface area (Å²) >= 11 is 6.04. The van der Waals surface area contributed by atoms with Gasteiger partial charge in [0.2, 0.25) is 0 Å². The molecule has 5 nitrogen and oxygen atoms in total. The monoisotopic (exact) mass is 363 g/mol. The van der Waals surface area contributed by atoms with E-state index in [1.807, 2.05) is 0 Å². The minimum absolute atomic E-state index is 0.0309. The second kappa shape index (κ2) is 7.11. The van der Waals surface area contributed by atoms with E-state index in [1.54, 1.807) is 24.3 Å². The summed E-state index contributed by atoms with van der Waals surface area (Å²) in [5.41, 5.74) is 0.773. The number of methoxy groups -OCH3 is 1. The minimum atomic E-state index is -0.672. The number of hydrogen-bond acceptors (Lipinski definition) is 4. The number of carbonyl (C=O) groups excluding carboxylic acids is 2. The molecule has 1 heterocycles. The maximum atomic E-state index is 14.3. The van der Waals surface area contributed by atoms with Crippen LogP contribution in [-0.2, 0) is 4.74 Å². The van der Waals surface area contributed by atoms with E-state index in [4.69, 9.17) is 16.3 Å². The van der Waals surface area contributed by atoms with Gasteiger partial charge in [-0.1, -0.05) is 23.7 Å². The topological polar surface area (TPSA) is 64.6 Å². The Hall–Kier alpha value is -2.60. The molecule has 0 saturated heterocycles. The molecule has 0 saturated carbocycles. The highest BCUT2D eigenvalue weighted by Crippen LogP contribution is 2.35. The lowest BCUT2D eigenvalue weighted by molar-refractivity contribution is 0.0599. The third-order valence-corrected chi connectivity index (χ3v) is 4.28. The Morgan fingerprint density at radius 1 is 1.32 bits per heavy atom. The molecule has 3 rings (SSSR count). The highest BCUT2D eigenvalue weighted by molar-refractivity contribution is 6.33. The van der Waals surface area contributed by atoms with Gasteiger partial charge in [-0.15, -0.1) is 0 Å². The second-order valence-corrected chi connectivity index (χ2v) is 5.92. The molecule has 1 aliphatic heterocycles. The summed E-state index contributed by atoms with van der Waals surface area (Å²) in [6.07, 6.45) is 0.438. The highest BCUT2D eigenvalue weighted by atomic mass is 35.5. The maximum absolute atomic E-state index is 14.3. The Labute approximate surface area is 148 Å². The first-order valence-corrected chi connectivity index (χ1v) is 7.99. The zero-order valence-corrected chi connectivity index (χ0v) is 14.1. The van der Waals surface area contributed by atoms with Crippen LogP contribution < -0.4 is 10.1 Å². The lowest BCUT2D eigenvalue weighted by Crippen LogP contribution is -2.32. The van der Waals surface area contributed by atoms with Crippen LogP contribution in [0.2, 0.25) is 5.02 Å². The molecule has 1 N–H and O–H groups in total. The van der Waals surface area contributed by atoms with Crippen molar-refractivity contribution in [1.29, 1.82) is 0 Å². The molecule has 0 radical (unpaired) electrons. The summed E-state index contributed by atoms with van der Waals surface area (Å²) in [7, 11) is 1.22. The molecule has 130 valence electrons. The quantitative estimate of drug-likeness (QED) is 0.847. The number of rotatable bonds is 3. The van der Waals surface area contributed by atoms with Crippen molar-refractivity contribution in [1.82, 2.24) is 5.32 Å². The van der Waals surface area contributed by atoms with Crippen LogP contribution in [0.1, 0.15) is 38.7 Å². The normalized spacial score (nSPS) is 15.7. The number of hydrogen-bond donors (Lipinski definition) is 1. The summed E-state index contributed by atoms with van der Waals surface area (Å²) in [5.74, 6) is -1.69. The lowest BCUT2D eigenvalue weighted by Gasteiger charge is -2.27. The predicted octanol–water partition coefficient (Wildman–Crippen LogP) is 3.52. The molecule has 1 atom stereocenters. The average Bonchev–Trinajstić information content (AvgIpc) is 2.61. The summed E-state index contributed by atoms with van der Waals surface area (Å²) in [6.45, 7) is 0.245. The number of halogens is 2. The van der Waals surface area contributed by atoms with Gasteiger partial charge in [-0.2, -0.15) is 0 Å². The molecule has 1 amide bonds. The van der Waals surface area contributed by atoms with Crippen molar-refractivity contribution >= 4 is 23.5 Å². The van der Waals surface area contributed by atoms with E-state index in [-0.39, 0.29) is 23.8 Å². The summed E-state index contributed by atoms with van der Waals surface area (Å²) < 4.78 is 24.3. The van der Waals surface area contributed by atoms with Crippen molar-refractivity contribution in [2.75, 3.05) is 13.7 Å². The second-order valence-electron chi connectivity index (χ2n) is 5.51. The molecular formula is C18H15ClFNO4. The molecule has 0 aliphatic carbocycles. The SMILES string of the molecule is COC(=O)c1cc(F)c2c(c1)C(NC(=O)c1ccccc1Cl)CCO2. The zero-order chi connectivity index (χ0) is 18.0. The predicted molar refractivity (Wildman–Crippen MR) is 89.5 cm³/mol. The number of amides is 1. The Kier molecular flexibility index (Phi) is 4.90. The van der Waals surface area contributed by atoms with Crippen LogP contribution in [0.3, 0.4) is 0 Å². The van der Waals surface area contributed by atoms with Crippen molar-refractivity contribution in [2.45, 2.75) is 12.5 Å². The smallest absolute Gasteiger partial charge is 0.337 e. The lowest BCUT2D eigenvalue weighted by atomic mass is 9.97. The van der Waals surface area contributed by atoms with Crippen LogP contribution in [0.4, 0.5) is 4.39 Å². The number of nitrogens with one attached hydrogen (secondary N) is 1. The van der Waals surface area contributed by atoms with Crippen LogP contribution >= 0.6 is 11.6 Å². The molecular weight excluding hydrogens is 349 g/mol. The van der Waals surface area contributed by atoms with E-state index in [0.29, 0.717) is 22.6 Å². The third kappa shape index (κ3) is 3.44. The van der Waals surface area contributed by atoms with E-state index in [1.165, 1.54) is 13.2 Å². The largest absolute Gasteiger partial charge is 0.490 e. The van der Waals surface area contributed by atoms with Gasteiger partial charge in [-0.3, -0.25) is 4.79 Å². The van der Waals surface area contributed by atoms with Gasteiger partial charge in [0.25, 0.3) is 5.91 Å². The maximum Gasteiger partial charge on any atom is 0.337 e. The number of fused-ring (bicyclic) bond motifs is 1. The van der Waals surface area contributed by atoms with Crippen molar-refractivity contribution in [3.63, 3.8) is 0 Å². The summed E-state index contributed by atoms with van der Waals surface area (Å²) in [6, 6.07) is 8.66. The zero-order valence-electron chi connectivity index (χ0n) is 13.3. The van der Waals surface area contributed by atoms with E-state index in [0.717, 1.165) is 6.07 Å². The molecule has 0 aromatic heterocycles. The van der Waals surface area contributed by atoms with Crippen LogP contribution in [0, 0.1) is 5.82 Å². The van der Waals surface area contributed by atoms with Crippen molar-refractivity contribution < 1.29 is 23.5 Å². The van der Waals surface area contributed by atoms with Gasteiger partial charge >= 0.3 is 5.97 Å². The summed E-state index contributed by atoms with van der Waals surface area (Å²) in [5, 5.41) is 3.14. The van der Waals surface area contributed by atoms with Gasteiger partial charge in [0.05, 0.1) is 35.9 Å². The van der Waals surface area contributed by atoms with Gasteiger partial charge in [-0.25, -0.2) is 9.18 Å². The van der Waals surface area contributed by atoms with Crippen LogP contribution in [0.5, 0.6) is 5.75 Å². The number of benzene rings is 2. The third-order valence-electron chi connectivity index (χ3n) is 3.95. The number of ether oxygens (including phenoxy) is 2. The first-order chi connectivity index (χ1) is 12.0. The highest BCUT2D eigenvalue weighted by Gasteiger charge is 2.28. The van der Waals surface area contributed by atoms with E-state index in [2.05, 4.69) is 10.1 Å². The fraction of sp³-hybridized carbons (Fsp3) is 0.222. The number of esters is 1. The molecule has 0 fully saturated rings. The fourth-order valence-corrected chi connectivity index (χ4v) is 2.95. The Balaban J connectivity index is 1.93. The van der Waals surface area contributed by atoms with E-state index in [9.17, 15) is 14.0 Å². The van der Waals surface area contributed by atoms with Gasteiger partial charge < -0.3 is 14.8 Å². The van der Waals surface area contributed by atoms with Crippen LogP contribution in [-0.4, -0.2) is 25.6 Å². The van der Waals surface area contributed by atoms with Crippen molar-refractivity contribution in [3.05, 3.63) is 63.9 Å². The molecule has 0 bridgehead atoms. The van der Waals surface area contributed by atoms with Crippen molar-refractivity contribution in [3.8, 4) is 5.75 Å². The number of carbonyl (C=O) groups is 2. The summed E-state index contributed by atoms with van der Waals surface area (Å²) in [4.78, 5) is 24.2.